The average Bonchev–Trinajstić information content (AvgIpc) is 1.76. The maximum absolute atomic E-state index is 9.64. The van der Waals surface area contributed by atoms with Crippen molar-refractivity contribution in [1.82, 2.24) is 10.2 Å². The Hall–Kier alpha value is -0.570. The van der Waals surface area contributed by atoms with E-state index in [2.05, 4.69) is 10.2 Å². The smallest absolute Gasteiger partial charge is 0.309 e. The summed E-state index contributed by atoms with van der Waals surface area (Å²) in [6, 6.07) is 0. The number of hydrogen-bond donors (Lipinski definition) is 1. The lowest BCUT2D eigenvalue weighted by Crippen LogP contribution is -2.41. The fourth-order valence-corrected chi connectivity index (χ4v) is 0.870. The summed E-state index contributed by atoms with van der Waals surface area (Å²) >= 11 is 0. The van der Waals surface area contributed by atoms with Crippen molar-refractivity contribution in [3.63, 3.8) is 0 Å². The topological polar surface area (TPSA) is 32.3 Å². The maximum atomic E-state index is 9.64. The van der Waals surface area contributed by atoms with Gasteiger partial charge in [0.05, 0.1) is 0 Å². The van der Waals surface area contributed by atoms with Crippen LogP contribution in [-0.4, -0.2) is 37.5 Å². The zero-order chi connectivity index (χ0) is 6.53. The Morgan fingerprint density at radius 3 is 2.78 bits per heavy atom. The summed E-state index contributed by atoms with van der Waals surface area (Å²) in [5, 5.41) is 2.50. The van der Waals surface area contributed by atoms with Gasteiger partial charge in [0.15, 0.2) is 0 Å². The molecule has 1 heterocycles. The molecule has 1 rings (SSSR count). The molecule has 0 aromatic heterocycles. The molecule has 0 aliphatic carbocycles. The first-order valence-electron chi connectivity index (χ1n) is 3.26. The van der Waals surface area contributed by atoms with E-state index in [1.54, 1.807) is 6.41 Å². The summed E-state index contributed by atoms with van der Waals surface area (Å²) in [6.07, 6.45) is 2.95. The Kier molecular flexibility index (Phi) is 2.51. The van der Waals surface area contributed by atoms with Gasteiger partial charge in [0, 0.05) is 13.1 Å². The normalized spacial score (nSPS) is 18.7. The van der Waals surface area contributed by atoms with E-state index in [4.69, 9.17) is 0 Å². The number of carbonyl (C=O) groups excluding carboxylic acids is 1. The predicted molar refractivity (Wildman–Crippen MR) is 34.8 cm³/mol. The molecule has 1 amide bonds. The fraction of sp³-hybridized carbons (Fsp3) is 0.833. The van der Waals surface area contributed by atoms with Crippen LogP contribution in [0.15, 0.2) is 0 Å². The second-order valence-electron chi connectivity index (χ2n) is 2.22. The summed E-state index contributed by atoms with van der Waals surface area (Å²) in [5.74, 6) is 0. The third kappa shape index (κ3) is 2.01. The average molecular weight is 127 g/mol. The standard InChI is InChI=1S/C6H11N2O/c9-6-7-2-5-8-3-1-4-8/h1-5H2,(H,7,9). The first-order chi connectivity index (χ1) is 4.43. The third-order valence-electron chi connectivity index (χ3n) is 1.57. The van der Waals surface area contributed by atoms with Crippen LogP contribution in [-0.2, 0) is 4.79 Å². The molecule has 0 aromatic rings. The van der Waals surface area contributed by atoms with Crippen molar-refractivity contribution in [3.8, 4) is 0 Å². The molecule has 1 saturated heterocycles. The van der Waals surface area contributed by atoms with Gasteiger partial charge in [0.25, 0.3) is 0 Å². The molecule has 0 unspecified atom stereocenters. The monoisotopic (exact) mass is 127 g/mol. The van der Waals surface area contributed by atoms with Crippen LogP contribution in [0.3, 0.4) is 0 Å². The van der Waals surface area contributed by atoms with Gasteiger partial charge >= 0.3 is 6.41 Å². The van der Waals surface area contributed by atoms with Crippen molar-refractivity contribution in [2.45, 2.75) is 6.42 Å². The minimum Gasteiger partial charge on any atom is -0.347 e. The summed E-state index contributed by atoms with van der Waals surface area (Å²) in [6.45, 7) is 4.11. The van der Waals surface area contributed by atoms with Gasteiger partial charge in [-0.2, -0.15) is 0 Å². The Balaban J connectivity index is 1.85. The van der Waals surface area contributed by atoms with E-state index in [9.17, 15) is 4.79 Å². The SMILES string of the molecule is O=[C]NCCN1CCC1. The Labute approximate surface area is 55.0 Å². The highest BCUT2D eigenvalue weighted by atomic mass is 16.1. The molecular weight excluding hydrogens is 116 g/mol. The first kappa shape index (κ1) is 6.55. The second kappa shape index (κ2) is 3.45. The van der Waals surface area contributed by atoms with Gasteiger partial charge in [-0.3, -0.25) is 4.79 Å². The van der Waals surface area contributed by atoms with E-state index >= 15 is 0 Å². The molecule has 1 N–H and O–H groups in total. The lowest BCUT2D eigenvalue weighted by atomic mass is 10.2. The molecule has 51 valence electrons. The molecule has 1 fully saturated rings. The van der Waals surface area contributed by atoms with Crippen molar-refractivity contribution >= 4 is 6.41 Å². The Morgan fingerprint density at radius 2 is 2.33 bits per heavy atom. The maximum Gasteiger partial charge on any atom is 0.309 e. The highest BCUT2D eigenvalue weighted by Gasteiger charge is 2.11. The molecule has 1 aliphatic rings. The molecule has 0 bridgehead atoms. The molecular formula is C6H11N2O. The molecule has 3 nitrogen and oxygen atoms in total. The van der Waals surface area contributed by atoms with Crippen LogP contribution in [0.4, 0.5) is 0 Å². The Bertz CT molecular complexity index is 91.1. The lowest BCUT2D eigenvalue weighted by Gasteiger charge is -2.30. The van der Waals surface area contributed by atoms with Crippen molar-refractivity contribution in [1.29, 1.82) is 0 Å². The number of amides is 1. The van der Waals surface area contributed by atoms with Gasteiger partial charge in [0.1, 0.15) is 0 Å². The van der Waals surface area contributed by atoms with E-state index in [1.165, 1.54) is 19.5 Å². The Morgan fingerprint density at radius 1 is 1.56 bits per heavy atom. The van der Waals surface area contributed by atoms with Gasteiger partial charge in [-0.05, 0) is 19.5 Å². The van der Waals surface area contributed by atoms with Gasteiger partial charge in [-0.15, -0.1) is 0 Å². The van der Waals surface area contributed by atoms with Crippen LogP contribution in [0.1, 0.15) is 6.42 Å². The van der Waals surface area contributed by atoms with Crippen molar-refractivity contribution in [2.24, 2.45) is 0 Å². The lowest BCUT2D eigenvalue weighted by molar-refractivity contribution is 0.185. The number of hydrogen-bond acceptors (Lipinski definition) is 2. The summed E-state index contributed by atoms with van der Waals surface area (Å²) in [5.41, 5.74) is 0. The molecule has 3 heteroatoms. The number of likely N-dealkylation sites (tertiary alicyclic amines) is 1. The van der Waals surface area contributed by atoms with Crippen LogP contribution >= 0.6 is 0 Å². The van der Waals surface area contributed by atoms with Crippen LogP contribution < -0.4 is 5.32 Å². The van der Waals surface area contributed by atoms with Gasteiger partial charge < -0.3 is 10.2 Å². The van der Waals surface area contributed by atoms with E-state index in [0.717, 1.165) is 13.1 Å². The number of nitrogens with one attached hydrogen (secondary N) is 1. The van der Waals surface area contributed by atoms with Gasteiger partial charge in [0.2, 0.25) is 0 Å². The highest BCUT2D eigenvalue weighted by molar-refractivity contribution is 5.46. The molecule has 0 atom stereocenters. The van der Waals surface area contributed by atoms with Crippen molar-refractivity contribution in [3.05, 3.63) is 0 Å². The zero-order valence-corrected chi connectivity index (χ0v) is 5.39. The van der Waals surface area contributed by atoms with Gasteiger partial charge in [-0.25, -0.2) is 0 Å². The molecule has 1 aliphatic heterocycles. The summed E-state index contributed by atoms with van der Waals surface area (Å²) < 4.78 is 0. The number of rotatable bonds is 4. The quantitative estimate of drug-likeness (QED) is 0.402. The highest BCUT2D eigenvalue weighted by Crippen LogP contribution is 2.02. The molecule has 9 heavy (non-hydrogen) atoms. The van der Waals surface area contributed by atoms with Crippen LogP contribution in [0, 0.1) is 0 Å². The fourth-order valence-electron chi connectivity index (χ4n) is 0.870. The third-order valence-corrected chi connectivity index (χ3v) is 1.57. The summed E-state index contributed by atoms with van der Waals surface area (Å²) in [7, 11) is 0. The largest absolute Gasteiger partial charge is 0.347 e. The van der Waals surface area contributed by atoms with E-state index in [0.29, 0.717) is 0 Å². The molecule has 0 saturated carbocycles. The zero-order valence-electron chi connectivity index (χ0n) is 5.39. The first-order valence-corrected chi connectivity index (χ1v) is 3.26. The molecule has 1 radical (unpaired) electrons. The summed E-state index contributed by atoms with van der Waals surface area (Å²) in [4.78, 5) is 11.9. The number of nitrogens with zero attached hydrogens (tertiary/aromatic N) is 1. The van der Waals surface area contributed by atoms with Gasteiger partial charge in [-0.1, -0.05) is 0 Å². The van der Waals surface area contributed by atoms with Crippen LogP contribution in [0.2, 0.25) is 0 Å². The van der Waals surface area contributed by atoms with Crippen molar-refractivity contribution in [2.75, 3.05) is 26.2 Å². The van der Waals surface area contributed by atoms with Crippen molar-refractivity contribution < 1.29 is 4.79 Å². The minimum absolute atomic E-state index is 0.740. The van der Waals surface area contributed by atoms with E-state index in [1.807, 2.05) is 0 Å². The van der Waals surface area contributed by atoms with E-state index in [-0.39, 0.29) is 0 Å². The van der Waals surface area contributed by atoms with Crippen LogP contribution in [0.25, 0.3) is 0 Å². The van der Waals surface area contributed by atoms with E-state index < -0.39 is 0 Å². The second-order valence-corrected chi connectivity index (χ2v) is 2.22. The predicted octanol–water partition coefficient (Wildman–Crippen LogP) is -0.651. The molecule has 0 aromatic carbocycles. The van der Waals surface area contributed by atoms with Crippen LogP contribution in [0.5, 0.6) is 0 Å². The molecule has 0 spiro atoms. The minimum atomic E-state index is 0.740.